The molecule has 0 radical (unpaired) electrons. The van der Waals surface area contributed by atoms with Crippen molar-refractivity contribution in [1.82, 2.24) is 5.32 Å². The Kier molecular flexibility index (Phi) is 7.28. The van der Waals surface area contributed by atoms with Crippen LogP contribution in [0.1, 0.15) is 23.7 Å². The highest BCUT2D eigenvalue weighted by molar-refractivity contribution is 9.10. The normalized spacial score (nSPS) is 10.2. The summed E-state index contributed by atoms with van der Waals surface area (Å²) in [6, 6.07) is 12.2. The molecule has 0 unspecified atom stereocenters. The van der Waals surface area contributed by atoms with E-state index in [9.17, 15) is 9.59 Å². The lowest BCUT2D eigenvalue weighted by Crippen LogP contribution is -2.27. The highest BCUT2D eigenvalue weighted by Gasteiger charge is 2.12. The van der Waals surface area contributed by atoms with Crippen LogP contribution in [-0.2, 0) is 4.79 Å². The molecule has 2 amide bonds. The van der Waals surface area contributed by atoms with Crippen LogP contribution in [0.25, 0.3) is 0 Å². The predicted octanol–water partition coefficient (Wildman–Crippen LogP) is 4.29. The summed E-state index contributed by atoms with van der Waals surface area (Å²) in [5.74, 6) is -0.420. The van der Waals surface area contributed by atoms with E-state index in [1.807, 2.05) is 19.1 Å². The number of hydrogen-bond donors (Lipinski definition) is 3. The second kappa shape index (κ2) is 9.44. The molecule has 0 heterocycles. The molecule has 0 aromatic heterocycles. The lowest BCUT2D eigenvalue weighted by molar-refractivity contribution is -0.114. The lowest BCUT2D eigenvalue weighted by Gasteiger charge is -2.13. The molecule has 2 rings (SSSR count). The Hall–Kier alpha value is -2.05. The monoisotopic (exact) mass is 423 g/mol. The van der Waals surface area contributed by atoms with E-state index in [-0.39, 0.29) is 18.4 Å². The summed E-state index contributed by atoms with van der Waals surface area (Å²) in [4.78, 5) is 24.3. The second-order valence-corrected chi connectivity index (χ2v) is 6.71. The number of benzene rings is 2. The van der Waals surface area contributed by atoms with E-state index >= 15 is 0 Å². The molecule has 0 aliphatic rings. The van der Waals surface area contributed by atoms with Crippen LogP contribution in [0.2, 0.25) is 5.02 Å². The van der Waals surface area contributed by atoms with Gasteiger partial charge in [-0.25, -0.2) is 0 Å². The summed E-state index contributed by atoms with van der Waals surface area (Å²) >= 11 is 9.35. The molecule has 0 aliphatic carbocycles. The highest BCUT2D eigenvalue weighted by atomic mass is 79.9. The predicted molar refractivity (Wildman–Crippen MR) is 105 cm³/mol. The van der Waals surface area contributed by atoms with Gasteiger partial charge in [-0.15, -0.1) is 0 Å². The maximum atomic E-state index is 12.2. The zero-order valence-corrected chi connectivity index (χ0v) is 16.1. The standard InChI is InChI=1S/C18H19BrClN3O2/c1-2-9-21-18(25)15-8-5-13(20)10-16(15)22-11-17(24)23-14-6-3-12(19)4-7-14/h3-8,10,22H,2,9,11H2,1H3,(H,21,25)(H,23,24). The molecule has 25 heavy (non-hydrogen) atoms. The van der Waals surface area contributed by atoms with Crippen LogP contribution in [0.15, 0.2) is 46.9 Å². The summed E-state index contributed by atoms with van der Waals surface area (Å²) in [5.41, 5.74) is 1.67. The van der Waals surface area contributed by atoms with E-state index in [4.69, 9.17) is 11.6 Å². The van der Waals surface area contributed by atoms with E-state index in [1.54, 1.807) is 30.3 Å². The van der Waals surface area contributed by atoms with Crippen molar-refractivity contribution in [2.24, 2.45) is 0 Å². The third kappa shape index (κ3) is 6.07. The molecule has 5 nitrogen and oxygen atoms in total. The maximum Gasteiger partial charge on any atom is 0.253 e. The molecule has 0 fully saturated rings. The van der Waals surface area contributed by atoms with E-state index in [1.165, 1.54) is 0 Å². The van der Waals surface area contributed by atoms with Gasteiger partial charge in [-0.2, -0.15) is 0 Å². The first-order valence-corrected chi connectivity index (χ1v) is 9.03. The summed E-state index contributed by atoms with van der Waals surface area (Å²) in [6.07, 6.45) is 0.845. The minimum absolute atomic E-state index is 0.0183. The number of amides is 2. The Labute approximate surface area is 160 Å². The minimum atomic E-state index is -0.220. The van der Waals surface area contributed by atoms with Crippen molar-refractivity contribution in [2.75, 3.05) is 23.7 Å². The van der Waals surface area contributed by atoms with Gasteiger partial charge < -0.3 is 16.0 Å². The van der Waals surface area contributed by atoms with Crippen LogP contribution in [0.5, 0.6) is 0 Å². The molecule has 0 aliphatic heterocycles. The first-order valence-electron chi connectivity index (χ1n) is 7.86. The number of carbonyl (C=O) groups excluding carboxylic acids is 2. The zero-order valence-electron chi connectivity index (χ0n) is 13.7. The van der Waals surface area contributed by atoms with Crippen LogP contribution in [0.4, 0.5) is 11.4 Å². The molecule has 0 spiro atoms. The molecular weight excluding hydrogens is 406 g/mol. The smallest absolute Gasteiger partial charge is 0.253 e. The summed E-state index contributed by atoms with van der Waals surface area (Å²) in [7, 11) is 0. The number of rotatable bonds is 7. The van der Waals surface area contributed by atoms with Crippen molar-refractivity contribution >= 4 is 50.7 Å². The largest absolute Gasteiger partial charge is 0.375 e. The van der Waals surface area contributed by atoms with Gasteiger partial charge in [0.05, 0.1) is 12.1 Å². The zero-order chi connectivity index (χ0) is 18.2. The van der Waals surface area contributed by atoms with Crippen molar-refractivity contribution in [3.8, 4) is 0 Å². The molecular formula is C18H19BrClN3O2. The van der Waals surface area contributed by atoms with Gasteiger partial charge >= 0.3 is 0 Å². The van der Waals surface area contributed by atoms with Crippen LogP contribution >= 0.6 is 27.5 Å². The van der Waals surface area contributed by atoms with Gasteiger partial charge in [0.25, 0.3) is 5.91 Å². The quantitative estimate of drug-likeness (QED) is 0.621. The molecule has 0 bridgehead atoms. The third-order valence-corrected chi connectivity index (χ3v) is 4.09. The van der Waals surface area contributed by atoms with Crippen molar-refractivity contribution in [2.45, 2.75) is 13.3 Å². The van der Waals surface area contributed by atoms with Crippen molar-refractivity contribution in [1.29, 1.82) is 0 Å². The first-order chi connectivity index (χ1) is 12.0. The average molecular weight is 425 g/mol. The van der Waals surface area contributed by atoms with Crippen LogP contribution in [0.3, 0.4) is 0 Å². The molecule has 132 valence electrons. The first kappa shape index (κ1) is 19.3. The Balaban J connectivity index is 2.01. The van der Waals surface area contributed by atoms with Gasteiger partial charge in [-0.05, 0) is 48.9 Å². The molecule has 0 saturated carbocycles. The summed E-state index contributed by atoms with van der Waals surface area (Å²) in [5, 5.41) is 9.06. The fourth-order valence-corrected chi connectivity index (χ4v) is 2.54. The average Bonchev–Trinajstić information content (AvgIpc) is 2.60. The van der Waals surface area contributed by atoms with Crippen LogP contribution in [-0.4, -0.2) is 24.9 Å². The summed E-state index contributed by atoms with van der Waals surface area (Å²) in [6.45, 7) is 2.59. The van der Waals surface area contributed by atoms with E-state index in [2.05, 4.69) is 31.9 Å². The number of nitrogens with one attached hydrogen (secondary N) is 3. The van der Waals surface area contributed by atoms with Gasteiger partial charge in [-0.3, -0.25) is 9.59 Å². The van der Waals surface area contributed by atoms with E-state index in [0.717, 1.165) is 10.9 Å². The molecule has 2 aromatic carbocycles. The van der Waals surface area contributed by atoms with E-state index < -0.39 is 0 Å². The summed E-state index contributed by atoms with van der Waals surface area (Å²) < 4.78 is 0.935. The Morgan fingerprint density at radius 2 is 1.84 bits per heavy atom. The Morgan fingerprint density at radius 3 is 2.52 bits per heavy atom. The minimum Gasteiger partial charge on any atom is -0.375 e. The fourth-order valence-electron chi connectivity index (χ4n) is 2.11. The molecule has 2 aromatic rings. The van der Waals surface area contributed by atoms with Gasteiger partial charge in [0.15, 0.2) is 0 Å². The Bertz CT molecular complexity index is 750. The van der Waals surface area contributed by atoms with Gasteiger partial charge in [0.1, 0.15) is 0 Å². The molecule has 7 heteroatoms. The van der Waals surface area contributed by atoms with Gasteiger partial charge in [0, 0.05) is 27.4 Å². The topological polar surface area (TPSA) is 70.2 Å². The third-order valence-electron chi connectivity index (χ3n) is 3.33. The van der Waals surface area contributed by atoms with Crippen molar-refractivity contribution in [3.63, 3.8) is 0 Å². The molecule has 0 saturated heterocycles. The molecule has 0 atom stereocenters. The second-order valence-electron chi connectivity index (χ2n) is 5.35. The number of carbonyl (C=O) groups is 2. The van der Waals surface area contributed by atoms with Gasteiger partial charge in [0.2, 0.25) is 5.91 Å². The lowest BCUT2D eigenvalue weighted by atomic mass is 10.1. The number of anilines is 2. The van der Waals surface area contributed by atoms with Gasteiger partial charge in [-0.1, -0.05) is 34.5 Å². The number of hydrogen-bond acceptors (Lipinski definition) is 3. The highest BCUT2D eigenvalue weighted by Crippen LogP contribution is 2.21. The van der Waals surface area contributed by atoms with Crippen molar-refractivity contribution in [3.05, 3.63) is 57.5 Å². The van der Waals surface area contributed by atoms with Crippen LogP contribution < -0.4 is 16.0 Å². The van der Waals surface area contributed by atoms with Crippen molar-refractivity contribution < 1.29 is 9.59 Å². The maximum absolute atomic E-state index is 12.2. The Morgan fingerprint density at radius 1 is 1.12 bits per heavy atom. The van der Waals surface area contributed by atoms with Crippen LogP contribution in [0, 0.1) is 0 Å². The number of halogens is 2. The fraction of sp³-hybridized carbons (Fsp3) is 0.222. The SMILES string of the molecule is CCCNC(=O)c1ccc(Cl)cc1NCC(=O)Nc1ccc(Br)cc1. The molecule has 3 N–H and O–H groups in total. The van der Waals surface area contributed by atoms with E-state index in [0.29, 0.717) is 28.5 Å².